The normalized spacial score (nSPS) is 14.0. The highest BCUT2D eigenvalue weighted by Gasteiger charge is 2.25. The quantitative estimate of drug-likeness (QED) is 0.774. The molecule has 2 aromatic rings. The SMILES string of the molecule is Cc1cccc(CSC2=NCCN2C(=O)c2cccc(Br)c2)c1. The van der Waals surface area contributed by atoms with Gasteiger partial charge in [0, 0.05) is 22.3 Å². The van der Waals surface area contributed by atoms with E-state index in [-0.39, 0.29) is 5.91 Å². The number of hydrogen-bond donors (Lipinski definition) is 0. The van der Waals surface area contributed by atoms with Gasteiger partial charge in [0.1, 0.15) is 0 Å². The fourth-order valence-corrected chi connectivity index (χ4v) is 3.85. The van der Waals surface area contributed by atoms with E-state index >= 15 is 0 Å². The fourth-order valence-electron chi connectivity index (χ4n) is 2.47. The standard InChI is InChI=1S/C18H17BrN2OS/c1-13-4-2-5-14(10-13)12-23-18-20-8-9-21(18)17(22)15-6-3-7-16(19)11-15/h2-7,10-11H,8-9,12H2,1H3. The van der Waals surface area contributed by atoms with Gasteiger partial charge in [-0.1, -0.05) is 63.6 Å². The second-order valence-corrected chi connectivity index (χ2v) is 7.27. The Hall–Kier alpha value is -1.59. The highest BCUT2D eigenvalue weighted by Crippen LogP contribution is 2.22. The summed E-state index contributed by atoms with van der Waals surface area (Å²) in [5, 5.41) is 0.816. The van der Waals surface area contributed by atoms with E-state index in [1.165, 1.54) is 11.1 Å². The molecule has 1 aliphatic rings. The number of rotatable bonds is 3. The Kier molecular flexibility index (Phi) is 5.18. The van der Waals surface area contributed by atoms with E-state index in [1.807, 2.05) is 24.3 Å². The van der Waals surface area contributed by atoms with Crippen LogP contribution in [0.5, 0.6) is 0 Å². The van der Waals surface area contributed by atoms with E-state index in [2.05, 4.69) is 52.1 Å². The molecule has 0 N–H and O–H groups in total. The zero-order valence-corrected chi connectivity index (χ0v) is 15.2. The lowest BCUT2D eigenvalue weighted by molar-refractivity contribution is 0.0860. The summed E-state index contributed by atoms with van der Waals surface area (Å²) in [6.07, 6.45) is 0. The molecule has 2 aromatic carbocycles. The Morgan fingerprint density at radius 1 is 1.26 bits per heavy atom. The van der Waals surface area contributed by atoms with Gasteiger partial charge >= 0.3 is 0 Å². The average molecular weight is 389 g/mol. The van der Waals surface area contributed by atoms with Crippen LogP contribution in [0, 0.1) is 6.92 Å². The van der Waals surface area contributed by atoms with Crippen LogP contribution in [0.2, 0.25) is 0 Å². The smallest absolute Gasteiger partial charge is 0.259 e. The lowest BCUT2D eigenvalue weighted by atomic mass is 10.2. The number of amidine groups is 1. The second kappa shape index (κ2) is 7.32. The molecule has 3 rings (SSSR count). The van der Waals surface area contributed by atoms with Crippen LogP contribution in [0.4, 0.5) is 0 Å². The summed E-state index contributed by atoms with van der Waals surface area (Å²) in [5.74, 6) is 0.835. The number of nitrogens with zero attached hydrogens (tertiary/aromatic N) is 2. The maximum absolute atomic E-state index is 12.7. The summed E-state index contributed by atoms with van der Waals surface area (Å²) < 4.78 is 0.911. The van der Waals surface area contributed by atoms with Crippen LogP contribution in [0.25, 0.3) is 0 Å². The number of aliphatic imine (C=N–C) groups is 1. The third-order valence-electron chi connectivity index (χ3n) is 3.57. The number of amides is 1. The second-order valence-electron chi connectivity index (χ2n) is 5.41. The van der Waals surface area contributed by atoms with Gasteiger partial charge in [0.15, 0.2) is 5.17 Å². The number of hydrogen-bond acceptors (Lipinski definition) is 3. The van der Waals surface area contributed by atoms with E-state index < -0.39 is 0 Å². The fraction of sp³-hybridized carbons (Fsp3) is 0.222. The predicted octanol–water partition coefficient (Wildman–Crippen LogP) is 4.50. The minimum absolute atomic E-state index is 0.0132. The van der Waals surface area contributed by atoms with Crippen LogP contribution in [-0.4, -0.2) is 29.1 Å². The summed E-state index contributed by atoms with van der Waals surface area (Å²) in [7, 11) is 0. The number of carbonyl (C=O) groups is 1. The van der Waals surface area contributed by atoms with Crippen molar-refractivity contribution < 1.29 is 4.79 Å². The maximum atomic E-state index is 12.7. The Bertz CT molecular complexity index is 760. The van der Waals surface area contributed by atoms with Crippen molar-refractivity contribution in [3.05, 3.63) is 69.7 Å². The molecule has 1 amide bonds. The first-order valence-corrected chi connectivity index (χ1v) is 9.21. The van der Waals surface area contributed by atoms with E-state index in [1.54, 1.807) is 16.7 Å². The van der Waals surface area contributed by atoms with E-state index in [4.69, 9.17) is 0 Å². The first kappa shape index (κ1) is 16.3. The molecule has 0 spiro atoms. The van der Waals surface area contributed by atoms with Crippen LogP contribution in [0.3, 0.4) is 0 Å². The predicted molar refractivity (Wildman–Crippen MR) is 100.0 cm³/mol. The number of aryl methyl sites for hydroxylation is 1. The first-order valence-electron chi connectivity index (χ1n) is 7.44. The minimum Gasteiger partial charge on any atom is -0.286 e. The Balaban J connectivity index is 1.69. The Labute approximate surface area is 148 Å². The van der Waals surface area contributed by atoms with Gasteiger partial charge in [0.05, 0.1) is 6.54 Å². The summed E-state index contributed by atoms with van der Waals surface area (Å²) in [6.45, 7) is 3.42. The third-order valence-corrected chi connectivity index (χ3v) is 5.15. The van der Waals surface area contributed by atoms with Crippen molar-refractivity contribution in [2.75, 3.05) is 13.1 Å². The molecule has 1 heterocycles. The molecule has 0 atom stereocenters. The van der Waals surface area contributed by atoms with Gasteiger partial charge in [-0.15, -0.1) is 0 Å². The van der Waals surface area contributed by atoms with Crippen molar-refractivity contribution >= 4 is 38.8 Å². The molecular formula is C18H17BrN2OS. The number of thioether (sulfide) groups is 1. The molecule has 0 aromatic heterocycles. The van der Waals surface area contributed by atoms with Gasteiger partial charge in [-0.25, -0.2) is 0 Å². The molecule has 0 saturated heterocycles. The molecule has 0 aliphatic carbocycles. The number of carbonyl (C=O) groups excluding carboxylic acids is 1. The molecule has 23 heavy (non-hydrogen) atoms. The van der Waals surface area contributed by atoms with Crippen LogP contribution >= 0.6 is 27.7 Å². The van der Waals surface area contributed by atoms with Gasteiger partial charge in [-0.05, 0) is 30.7 Å². The summed E-state index contributed by atoms with van der Waals surface area (Å²) >= 11 is 5.04. The Morgan fingerprint density at radius 3 is 2.87 bits per heavy atom. The van der Waals surface area contributed by atoms with Crippen molar-refractivity contribution in [1.82, 2.24) is 4.90 Å². The minimum atomic E-state index is 0.0132. The van der Waals surface area contributed by atoms with Crippen LogP contribution in [0.15, 0.2) is 58.0 Å². The summed E-state index contributed by atoms with van der Waals surface area (Å²) in [5.41, 5.74) is 3.18. The lowest BCUT2D eigenvalue weighted by Crippen LogP contribution is -2.32. The Morgan fingerprint density at radius 2 is 2.09 bits per heavy atom. The van der Waals surface area contributed by atoms with Crippen LogP contribution in [0.1, 0.15) is 21.5 Å². The van der Waals surface area contributed by atoms with Gasteiger partial charge < -0.3 is 0 Å². The molecule has 5 heteroatoms. The molecular weight excluding hydrogens is 372 g/mol. The van der Waals surface area contributed by atoms with Gasteiger partial charge in [0.2, 0.25) is 0 Å². The van der Waals surface area contributed by atoms with Crippen molar-refractivity contribution in [2.24, 2.45) is 4.99 Å². The number of benzene rings is 2. The maximum Gasteiger partial charge on any atom is 0.259 e. The molecule has 0 bridgehead atoms. The molecule has 0 fully saturated rings. The van der Waals surface area contributed by atoms with Crippen molar-refractivity contribution in [3.63, 3.8) is 0 Å². The van der Waals surface area contributed by atoms with E-state index in [0.29, 0.717) is 18.7 Å². The van der Waals surface area contributed by atoms with E-state index in [9.17, 15) is 4.79 Å². The first-order chi connectivity index (χ1) is 11.1. The largest absolute Gasteiger partial charge is 0.286 e. The summed E-state index contributed by atoms with van der Waals surface area (Å²) in [4.78, 5) is 19.0. The zero-order chi connectivity index (χ0) is 16.2. The molecule has 0 radical (unpaired) electrons. The summed E-state index contributed by atoms with van der Waals surface area (Å²) in [6, 6.07) is 15.9. The number of halogens is 1. The van der Waals surface area contributed by atoms with Crippen molar-refractivity contribution in [3.8, 4) is 0 Å². The van der Waals surface area contributed by atoms with Gasteiger partial charge in [-0.3, -0.25) is 14.7 Å². The molecule has 0 saturated carbocycles. The molecule has 1 aliphatic heterocycles. The molecule has 118 valence electrons. The topological polar surface area (TPSA) is 32.7 Å². The van der Waals surface area contributed by atoms with E-state index in [0.717, 1.165) is 15.4 Å². The average Bonchev–Trinajstić information content (AvgIpc) is 3.01. The van der Waals surface area contributed by atoms with Crippen molar-refractivity contribution in [2.45, 2.75) is 12.7 Å². The monoisotopic (exact) mass is 388 g/mol. The van der Waals surface area contributed by atoms with Gasteiger partial charge in [0.25, 0.3) is 5.91 Å². The molecule has 3 nitrogen and oxygen atoms in total. The van der Waals surface area contributed by atoms with Crippen molar-refractivity contribution in [1.29, 1.82) is 0 Å². The van der Waals surface area contributed by atoms with Crippen LogP contribution in [-0.2, 0) is 5.75 Å². The highest BCUT2D eigenvalue weighted by atomic mass is 79.9. The highest BCUT2D eigenvalue weighted by molar-refractivity contribution is 9.10. The lowest BCUT2D eigenvalue weighted by Gasteiger charge is -2.18. The van der Waals surface area contributed by atoms with Crippen LogP contribution < -0.4 is 0 Å². The molecule has 0 unspecified atom stereocenters. The zero-order valence-electron chi connectivity index (χ0n) is 12.8. The third kappa shape index (κ3) is 4.03. The van der Waals surface area contributed by atoms with Gasteiger partial charge in [-0.2, -0.15) is 0 Å².